The third-order valence-electron chi connectivity index (χ3n) is 2.35. The van der Waals surface area contributed by atoms with E-state index >= 15 is 0 Å². The van der Waals surface area contributed by atoms with Gasteiger partial charge in [-0.2, -0.15) is 0 Å². The molecule has 1 rings (SSSR count). The average Bonchev–Trinajstić information content (AvgIpc) is 2.39. The van der Waals surface area contributed by atoms with Gasteiger partial charge in [0.15, 0.2) is 0 Å². The zero-order valence-electron chi connectivity index (χ0n) is 10.6. The molecule has 0 heterocycles. The number of nitrogens with zero attached hydrogens (tertiary/aromatic N) is 1. The summed E-state index contributed by atoms with van der Waals surface area (Å²) in [5.74, 6) is 0.132. The van der Waals surface area contributed by atoms with Crippen molar-refractivity contribution < 1.29 is 19.1 Å². The van der Waals surface area contributed by atoms with Crippen LogP contribution < -0.4 is 4.74 Å². The van der Waals surface area contributed by atoms with E-state index in [-0.39, 0.29) is 25.5 Å². The number of carbonyl (C=O) groups excluding carboxylic acids is 2. The fourth-order valence-electron chi connectivity index (χ4n) is 1.31. The molecule has 0 unspecified atom stereocenters. The Kier molecular flexibility index (Phi) is 5.70. The van der Waals surface area contributed by atoms with Gasteiger partial charge >= 0.3 is 5.97 Å². The van der Waals surface area contributed by atoms with Gasteiger partial charge in [0, 0.05) is 7.05 Å². The maximum absolute atomic E-state index is 11.6. The SMILES string of the molecule is COC(=O)CN(C)C(=O)CCOc1ccccc1. The van der Waals surface area contributed by atoms with Gasteiger partial charge in [0.25, 0.3) is 0 Å². The summed E-state index contributed by atoms with van der Waals surface area (Å²) in [6, 6.07) is 9.26. The topological polar surface area (TPSA) is 55.8 Å². The van der Waals surface area contributed by atoms with E-state index in [2.05, 4.69) is 4.74 Å². The van der Waals surface area contributed by atoms with Crippen molar-refractivity contribution in [3.63, 3.8) is 0 Å². The van der Waals surface area contributed by atoms with Crippen LogP contribution in [0.1, 0.15) is 6.42 Å². The Hall–Kier alpha value is -2.04. The lowest BCUT2D eigenvalue weighted by molar-refractivity contribution is -0.146. The number of para-hydroxylation sites is 1. The van der Waals surface area contributed by atoms with E-state index < -0.39 is 5.97 Å². The Morgan fingerprint density at radius 3 is 2.50 bits per heavy atom. The number of methoxy groups -OCH3 is 1. The Bertz CT molecular complexity index is 391. The molecule has 0 saturated heterocycles. The summed E-state index contributed by atoms with van der Waals surface area (Å²) in [5, 5.41) is 0. The number of carbonyl (C=O) groups is 2. The van der Waals surface area contributed by atoms with Crippen LogP contribution in [0.25, 0.3) is 0 Å². The van der Waals surface area contributed by atoms with Crippen LogP contribution in [-0.2, 0) is 14.3 Å². The van der Waals surface area contributed by atoms with Gasteiger partial charge < -0.3 is 14.4 Å². The first-order valence-electron chi connectivity index (χ1n) is 5.62. The van der Waals surface area contributed by atoms with Crippen LogP contribution in [0.2, 0.25) is 0 Å². The molecule has 0 aliphatic carbocycles. The first-order chi connectivity index (χ1) is 8.63. The number of hydrogen-bond acceptors (Lipinski definition) is 4. The number of likely N-dealkylation sites (N-methyl/N-ethyl adjacent to an activating group) is 1. The fraction of sp³-hybridized carbons (Fsp3) is 0.385. The molecule has 0 radical (unpaired) electrons. The summed E-state index contributed by atoms with van der Waals surface area (Å²) in [7, 11) is 2.85. The highest BCUT2D eigenvalue weighted by Gasteiger charge is 2.12. The Morgan fingerprint density at radius 1 is 1.22 bits per heavy atom. The largest absolute Gasteiger partial charge is 0.493 e. The van der Waals surface area contributed by atoms with Crippen LogP contribution >= 0.6 is 0 Å². The van der Waals surface area contributed by atoms with Crippen LogP contribution in [0.3, 0.4) is 0 Å². The summed E-state index contributed by atoms with van der Waals surface area (Å²) in [5.41, 5.74) is 0. The minimum Gasteiger partial charge on any atom is -0.493 e. The highest BCUT2D eigenvalue weighted by atomic mass is 16.5. The Labute approximate surface area is 106 Å². The van der Waals surface area contributed by atoms with E-state index in [1.54, 1.807) is 7.05 Å². The predicted molar refractivity (Wildman–Crippen MR) is 66.2 cm³/mol. The summed E-state index contributed by atoms with van der Waals surface area (Å²) in [4.78, 5) is 23.9. The van der Waals surface area contributed by atoms with E-state index in [4.69, 9.17) is 4.74 Å². The average molecular weight is 251 g/mol. The lowest BCUT2D eigenvalue weighted by Crippen LogP contribution is -2.33. The summed E-state index contributed by atoms with van der Waals surface area (Å²) in [6.45, 7) is 0.245. The Morgan fingerprint density at radius 2 is 1.89 bits per heavy atom. The molecule has 0 aliphatic heterocycles. The summed E-state index contributed by atoms with van der Waals surface area (Å²) < 4.78 is 9.88. The Balaban J connectivity index is 2.26. The molecule has 0 atom stereocenters. The highest BCUT2D eigenvalue weighted by Crippen LogP contribution is 2.08. The van der Waals surface area contributed by atoms with Crippen LogP contribution in [0, 0.1) is 0 Å². The third kappa shape index (κ3) is 4.86. The van der Waals surface area contributed by atoms with Crippen LogP contribution in [0.5, 0.6) is 5.75 Å². The molecule has 0 aliphatic rings. The van der Waals surface area contributed by atoms with E-state index in [0.717, 1.165) is 5.75 Å². The molecule has 0 spiro atoms. The minimum absolute atomic E-state index is 0.0410. The van der Waals surface area contributed by atoms with Gasteiger partial charge in [-0.15, -0.1) is 0 Å². The van der Waals surface area contributed by atoms with Gasteiger partial charge in [0.1, 0.15) is 12.3 Å². The lowest BCUT2D eigenvalue weighted by atomic mass is 10.3. The van der Waals surface area contributed by atoms with Crippen molar-refractivity contribution in [1.82, 2.24) is 4.90 Å². The molecule has 0 aromatic heterocycles. The van der Waals surface area contributed by atoms with Gasteiger partial charge in [-0.25, -0.2) is 0 Å². The number of hydrogen-bond donors (Lipinski definition) is 0. The summed E-state index contributed by atoms with van der Waals surface area (Å²) >= 11 is 0. The number of amides is 1. The monoisotopic (exact) mass is 251 g/mol. The molecule has 0 fully saturated rings. The molecule has 1 aromatic rings. The van der Waals surface area contributed by atoms with Crippen molar-refractivity contribution >= 4 is 11.9 Å². The van der Waals surface area contributed by atoms with E-state index in [1.165, 1.54) is 12.0 Å². The maximum atomic E-state index is 11.6. The molecular formula is C13H17NO4. The summed E-state index contributed by atoms with van der Waals surface area (Å²) in [6.07, 6.45) is 0.225. The molecule has 1 amide bonds. The zero-order chi connectivity index (χ0) is 13.4. The van der Waals surface area contributed by atoms with Crippen molar-refractivity contribution in [1.29, 1.82) is 0 Å². The number of rotatable bonds is 6. The van der Waals surface area contributed by atoms with Gasteiger partial charge in [-0.05, 0) is 12.1 Å². The van der Waals surface area contributed by atoms with Gasteiger partial charge in [-0.3, -0.25) is 9.59 Å². The number of esters is 1. The van der Waals surface area contributed by atoms with Gasteiger partial charge in [-0.1, -0.05) is 18.2 Å². The molecular weight excluding hydrogens is 234 g/mol. The normalized spacial score (nSPS) is 9.67. The van der Waals surface area contributed by atoms with Crippen LogP contribution in [0.15, 0.2) is 30.3 Å². The van der Waals surface area contributed by atoms with Gasteiger partial charge in [0.2, 0.25) is 5.91 Å². The first-order valence-corrected chi connectivity index (χ1v) is 5.62. The van der Waals surface area contributed by atoms with Crippen molar-refractivity contribution in [2.45, 2.75) is 6.42 Å². The zero-order valence-corrected chi connectivity index (χ0v) is 10.6. The maximum Gasteiger partial charge on any atom is 0.325 e. The first kappa shape index (κ1) is 14.0. The van der Waals surface area contributed by atoms with Crippen LogP contribution in [0.4, 0.5) is 0 Å². The number of ether oxygens (including phenoxy) is 2. The molecule has 0 saturated carbocycles. The van der Waals surface area contributed by atoms with E-state index in [0.29, 0.717) is 0 Å². The smallest absolute Gasteiger partial charge is 0.325 e. The lowest BCUT2D eigenvalue weighted by Gasteiger charge is -2.15. The second-order valence-corrected chi connectivity index (χ2v) is 3.74. The van der Waals surface area contributed by atoms with Crippen molar-refractivity contribution in [3.05, 3.63) is 30.3 Å². The van der Waals surface area contributed by atoms with E-state index in [1.807, 2.05) is 30.3 Å². The fourth-order valence-corrected chi connectivity index (χ4v) is 1.31. The third-order valence-corrected chi connectivity index (χ3v) is 2.35. The molecule has 5 heteroatoms. The second kappa shape index (κ2) is 7.32. The minimum atomic E-state index is -0.435. The highest BCUT2D eigenvalue weighted by molar-refractivity contribution is 5.81. The molecule has 98 valence electrons. The van der Waals surface area contributed by atoms with Crippen molar-refractivity contribution in [2.75, 3.05) is 27.3 Å². The van der Waals surface area contributed by atoms with Gasteiger partial charge in [0.05, 0.1) is 20.1 Å². The van der Waals surface area contributed by atoms with Crippen molar-refractivity contribution in [2.24, 2.45) is 0 Å². The molecule has 0 bridgehead atoms. The molecule has 18 heavy (non-hydrogen) atoms. The molecule has 1 aromatic carbocycles. The molecule has 5 nitrogen and oxygen atoms in total. The van der Waals surface area contributed by atoms with Crippen molar-refractivity contribution in [3.8, 4) is 5.75 Å². The van der Waals surface area contributed by atoms with E-state index in [9.17, 15) is 9.59 Å². The molecule has 0 N–H and O–H groups in total. The predicted octanol–water partition coefficient (Wildman–Crippen LogP) is 1.09. The van der Waals surface area contributed by atoms with Crippen LogP contribution in [-0.4, -0.2) is 44.1 Å². The standard InChI is InChI=1S/C13H17NO4/c1-14(10-13(16)17-2)12(15)8-9-18-11-6-4-3-5-7-11/h3-7H,8-10H2,1-2H3. The quantitative estimate of drug-likeness (QED) is 0.710. The number of benzene rings is 1. The second-order valence-electron chi connectivity index (χ2n) is 3.74.